The predicted octanol–water partition coefficient (Wildman–Crippen LogP) is 4.70. The van der Waals surface area contributed by atoms with Crippen molar-refractivity contribution in [2.75, 3.05) is 0 Å². The average molecular weight is 279 g/mol. The first-order chi connectivity index (χ1) is 6.24. The van der Waals surface area contributed by atoms with Gasteiger partial charge in [0, 0.05) is 0 Å². The van der Waals surface area contributed by atoms with E-state index < -0.39 is 8.32 Å². The Bertz CT molecular complexity index is 194. The van der Waals surface area contributed by atoms with Crippen molar-refractivity contribution in [3.8, 4) is 0 Å². The Balaban J connectivity index is 4.47. The summed E-state index contributed by atoms with van der Waals surface area (Å²) >= 11 is 3.30. The summed E-state index contributed by atoms with van der Waals surface area (Å²) < 4.78 is 6.21. The van der Waals surface area contributed by atoms with Gasteiger partial charge in [-0.3, -0.25) is 0 Å². The van der Waals surface area contributed by atoms with Gasteiger partial charge in [-0.2, -0.15) is 0 Å². The van der Waals surface area contributed by atoms with E-state index in [0.717, 1.165) is 6.42 Å². The largest absolute Gasteiger partial charge is 0.411 e. The molecule has 0 saturated heterocycles. The molecule has 1 nitrogen and oxygen atoms in total. The van der Waals surface area contributed by atoms with E-state index in [1.165, 1.54) is 0 Å². The van der Waals surface area contributed by atoms with Gasteiger partial charge >= 0.3 is 0 Å². The molecular formula is C11H23BrOSi. The van der Waals surface area contributed by atoms with Gasteiger partial charge in [0.2, 0.25) is 0 Å². The van der Waals surface area contributed by atoms with Crippen molar-refractivity contribution in [1.29, 1.82) is 0 Å². The van der Waals surface area contributed by atoms with Crippen LogP contribution in [0.2, 0.25) is 18.1 Å². The van der Waals surface area contributed by atoms with E-state index in [9.17, 15) is 0 Å². The summed E-state index contributed by atoms with van der Waals surface area (Å²) in [7, 11) is -1.60. The average Bonchev–Trinajstić information content (AvgIpc) is 2.01. The van der Waals surface area contributed by atoms with Crippen LogP contribution in [0.3, 0.4) is 0 Å². The van der Waals surface area contributed by atoms with Gasteiger partial charge < -0.3 is 4.43 Å². The Morgan fingerprint density at radius 2 is 1.86 bits per heavy atom. The molecule has 14 heavy (non-hydrogen) atoms. The second kappa shape index (κ2) is 5.47. The first kappa shape index (κ1) is 14.4. The third-order valence-electron chi connectivity index (χ3n) is 2.94. The zero-order valence-electron chi connectivity index (χ0n) is 10.2. The minimum Gasteiger partial charge on any atom is -0.411 e. The lowest BCUT2D eigenvalue weighted by molar-refractivity contribution is 0.221. The van der Waals surface area contributed by atoms with Crippen LogP contribution in [0.15, 0.2) is 11.1 Å². The molecule has 0 aromatic heterocycles. The highest BCUT2D eigenvalue weighted by atomic mass is 79.9. The lowest BCUT2D eigenvalue weighted by Gasteiger charge is -2.38. The normalized spacial score (nSPS) is 16.2. The van der Waals surface area contributed by atoms with Crippen LogP contribution in [0, 0.1) is 0 Å². The van der Waals surface area contributed by atoms with Crippen LogP contribution in [0.4, 0.5) is 0 Å². The van der Waals surface area contributed by atoms with Gasteiger partial charge in [-0.25, -0.2) is 0 Å². The molecule has 0 amide bonds. The van der Waals surface area contributed by atoms with Crippen LogP contribution in [0.25, 0.3) is 0 Å². The van der Waals surface area contributed by atoms with Crippen molar-refractivity contribution >= 4 is 24.2 Å². The molecule has 0 aliphatic heterocycles. The predicted molar refractivity (Wildman–Crippen MR) is 70.4 cm³/mol. The first-order valence-corrected chi connectivity index (χ1v) is 9.01. The number of hydrogen-bond donors (Lipinski definition) is 0. The molecule has 0 heterocycles. The van der Waals surface area contributed by atoms with E-state index in [1.54, 1.807) is 0 Å². The highest BCUT2D eigenvalue weighted by Gasteiger charge is 2.38. The molecule has 0 aliphatic rings. The van der Waals surface area contributed by atoms with Gasteiger partial charge in [0.1, 0.15) is 0 Å². The molecule has 84 valence electrons. The zero-order chi connectivity index (χ0) is 11.4. The van der Waals surface area contributed by atoms with E-state index in [2.05, 4.69) is 62.8 Å². The number of hydrogen-bond acceptors (Lipinski definition) is 1. The molecule has 0 aromatic rings. The maximum atomic E-state index is 6.21. The molecule has 0 spiro atoms. The third-order valence-corrected chi connectivity index (χ3v) is 7.75. The Kier molecular flexibility index (Phi) is 5.63. The quantitative estimate of drug-likeness (QED) is 0.678. The van der Waals surface area contributed by atoms with Crippen molar-refractivity contribution in [1.82, 2.24) is 0 Å². The lowest BCUT2D eigenvalue weighted by Crippen LogP contribution is -2.43. The fourth-order valence-electron chi connectivity index (χ4n) is 0.895. The van der Waals surface area contributed by atoms with Crippen molar-refractivity contribution in [3.63, 3.8) is 0 Å². The van der Waals surface area contributed by atoms with Gasteiger partial charge in [0.05, 0.1) is 6.10 Å². The molecular weight excluding hydrogens is 256 g/mol. The molecule has 0 rings (SSSR count). The summed E-state index contributed by atoms with van der Waals surface area (Å²) in [4.78, 5) is 1.90. The molecule has 1 atom stereocenters. The number of halogens is 1. The van der Waals surface area contributed by atoms with Crippen molar-refractivity contribution in [3.05, 3.63) is 11.1 Å². The molecule has 0 unspecified atom stereocenters. The summed E-state index contributed by atoms with van der Waals surface area (Å²) in [5, 5.41) is 0.292. The summed E-state index contributed by atoms with van der Waals surface area (Å²) in [5.41, 5.74) is 0. The van der Waals surface area contributed by atoms with E-state index in [0.29, 0.717) is 5.04 Å². The highest BCUT2D eigenvalue weighted by Crippen LogP contribution is 2.37. The van der Waals surface area contributed by atoms with Gasteiger partial charge in [0.25, 0.3) is 0 Å². The minimum atomic E-state index is -1.60. The standard InChI is InChI=1S/C11H23BrOSi/c1-7-10(8-9-12)13-14(5,6)11(2,3)4/h8-10H,7H2,1-6H3/t10-/m1/s1. The van der Waals surface area contributed by atoms with Gasteiger partial charge in [-0.05, 0) is 29.5 Å². The Hall–Kier alpha value is 0.397. The summed E-state index contributed by atoms with van der Waals surface area (Å²) in [5.74, 6) is 0. The zero-order valence-corrected chi connectivity index (χ0v) is 12.8. The molecule has 0 bridgehead atoms. The monoisotopic (exact) mass is 278 g/mol. The van der Waals surface area contributed by atoms with Crippen LogP contribution in [-0.4, -0.2) is 14.4 Å². The Labute approximate surface area is 98.2 Å². The number of rotatable bonds is 4. The fraction of sp³-hybridized carbons (Fsp3) is 0.818. The molecule has 0 fully saturated rings. The van der Waals surface area contributed by atoms with E-state index >= 15 is 0 Å². The van der Waals surface area contributed by atoms with Crippen LogP contribution in [0.1, 0.15) is 34.1 Å². The molecule has 0 radical (unpaired) electrons. The fourth-order valence-corrected chi connectivity index (χ4v) is 2.59. The van der Waals surface area contributed by atoms with Crippen LogP contribution < -0.4 is 0 Å². The van der Waals surface area contributed by atoms with E-state index in [1.807, 2.05) is 4.99 Å². The van der Waals surface area contributed by atoms with Gasteiger partial charge in [0.15, 0.2) is 8.32 Å². The highest BCUT2D eigenvalue weighted by molar-refractivity contribution is 9.11. The topological polar surface area (TPSA) is 9.23 Å². The molecule has 3 heteroatoms. The van der Waals surface area contributed by atoms with Crippen molar-refractivity contribution < 1.29 is 4.43 Å². The molecule has 0 aliphatic carbocycles. The molecule has 0 aromatic carbocycles. The Morgan fingerprint density at radius 3 is 2.14 bits per heavy atom. The van der Waals surface area contributed by atoms with Crippen LogP contribution >= 0.6 is 15.9 Å². The van der Waals surface area contributed by atoms with Gasteiger partial charge in [-0.15, -0.1) is 0 Å². The lowest BCUT2D eigenvalue weighted by atomic mass is 10.2. The second-order valence-corrected chi connectivity index (χ2v) is 10.4. The first-order valence-electron chi connectivity index (χ1n) is 5.19. The van der Waals surface area contributed by atoms with Crippen LogP contribution in [-0.2, 0) is 4.43 Å². The summed E-state index contributed by atoms with van der Waals surface area (Å²) in [6.07, 6.45) is 3.38. The van der Waals surface area contributed by atoms with Crippen molar-refractivity contribution in [2.24, 2.45) is 0 Å². The summed E-state index contributed by atoms with van der Waals surface area (Å²) in [6.45, 7) is 13.5. The van der Waals surface area contributed by atoms with Gasteiger partial charge in [-0.1, -0.05) is 49.7 Å². The van der Waals surface area contributed by atoms with Crippen LogP contribution in [0.5, 0.6) is 0 Å². The third kappa shape index (κ3) is 4.28. The SMILES string of the molecule is CC[C@H](C=CBr)O[Si](C)(C)C(C)(C)C. The van der Waals surface area contributed by atoms with E-state index in [4.69, 9.17) is 4.43 Å². The minimum absolute atomic E-state index is 0.260. The second-order valence-electron chi connectivity index (χ2n) is 5.14. The maximum Gasteiger partial charge on any atom is 0.192 e. The van der Waals surface area contributed by atoms with Crippen molar-refractivity contribution in [2.45, 2.75) is 58.4 Å². The molecule has 0 N–H and O–H groups in total. The molecule has 0 saturated carbocycles. The van der Waals surface area contributed by atoms with E-state index in [-0.39, 0.29) is 6.10 Å². The Morgan fingerprint density at radius 1 is 1.36 bits per heavy atom. The smallest absolute Gasteiger partial charge is 0.192 e. The summed E-state index contributed by atoms with van der Waals surface area (Å²) in [6, 6.07) is 0. The maximum absolute atomic E-state index is 6.21.